The molecule has 1 unspecified atom stereocenters. The van der Waals surface area contributed by atoms with Crippen LogP contribution in [0.15, 0.2) is 18.2 Å². The van der Waals surface area contributed by atoms with Crippen LogP contribution in [0.2, 0.25) is 0 Å². The van der Waals surface area contributed by atoms with E-state index in [1.165, 1.54) is 6.42 Å². The summed E-state index contributed by atoms with van der Waals surface area (Å²) in [6.45, 7) is 4.58. The van der Waals surface area contributed by atoms with E-state index < -0.39 is 6.10 Å². The molecule has 1 aliphatic rings. The zero-order chi connectivity index (χ0) is 14.5. The van der Waals surface area contributed by atoms with Crippen molar-refractivity contribution in [1.82, 2.24) is 0 Å². The van der Waals surface area contributed by atoms with Crippen LogP contribution in [0.3, 0.4) is 0 Å². The number of nitrogens with zero attached hydrogens (tertiary/aromatic N) is 1. The standard InChI is InChI=1S/C16H25NO3/c1-12(18)16-14(7-4-8-15(16)20-3)17-9-5-6-13(10-17)11-19-2/h4,7-8,12-13,18H,5-6,9-11H2,1-3H3/t12-,13?/m1/s1. The van der Waals surface area contributed by atoms with E-state index in [-0.39, 0.29) is 0 Å². The monoisotopic (exact) mass is 279 g/mol. The van der Waals surface area contributed by atoms with Gasteiger partial charge in [0, 0.05) is 31.5 Å². The lowest BCUT2D eigenvalue weighted by atomic mass is 9.96. The largest absolute Gasteiger partial charge is 0.496 e. The summed E-state index contributed by atoms with van der Waals surface area (Å²) in [7, 11) is 3.40. The van der Waals surface area contributed by atoms with Crippen molar-refractivity contribution >= 4 is 5.69 Å². The number of hydrogen-bond acceptors (Lipinski definition) is 4. The summed E-state index contributed by atoms with van der Waals surface area (Å²) in [5.74, 6) is 1.31. The third-order valence-corrected chi connectivity index (χ3v) is 3.94. The molecule has 112 valence electrons. The number of aliphatic hydroxyl groups is 1. The molecule has 1 fully saturated rings. The van der Waals surface area contributed by atoms with Crippen molar-refractivity contribution in [3.63, 3.8) is 0 Å². The zero-order valence-electron chi connectivity index (χ0n) is 12.6. The van der Waals surface area contributed by atoms with Gasteiger partial charge in [-0.15, -0.1) is 0 Å². The number of rotatable bonds is 5. The molecule has 2 atom stereocenters. The van der Waals surface area contributed by atoms with Crippen LogP contribution in [-0.2, 0) is 4.74 Å². The molecule has 0 radical (unpaired) electrons. The average molecular weight is 279 g/mol. The number of anilines is 1. The molecule has 4 nitrogen and oxygen atoms in total. The number of ether oxygens (including phenoxy) is 2. The van der Waals surface area contributed by atoms with Gasteiger partial charge in [-0.25, -0.2) is 0 Å². The van der Waals surface area contributed by atoms with Crippen LogP contribution in [-0.4, -0.2) is 39.0 Å². The highest BCUT2D eigenvalue weighted by atomic mass is 16.5. The van der Waals surface area contributed by atoms with Crippen molar-refractivity contribution in [2.24, 2.45) is 5.92 Å². The third kappa shape index (κ3) is 3.25. The minimum atomic E-state index is -0.538. The van der Waals surface area contributed by atoms with Crippen LogP contribution in [0.4, 0.5) is 5.69 Å². The Hall–Kier alpha value is -1.26. The SMILES string of the molecule is COCC1CCCN(c2cccc(OC)c2[C@@H](C)O)C1. The maximum Gasteiger partial charge on any atom is 0.126 e. The summed E-state index contributed by atoms with van der Waals surface area (Å²) in [4.78, 5) is 2.34. The van der Waals surface area contributed by atoms with E-state index in [1.54, 1.807) is 21.1 Å². The zero-order valence-corrected chi connectivity index (χ0v) is 12.6. The van der Waals surface area contributed by atoms with Crippen LogP contribution in [0.1, 0.15) is 31.4 Å². The first kappa shape index (κ1) is 15.1. The van der Waals surface area contributed by atoms with Gasteiger partial charge in [0.2, 0.25) is 0 Å². The van der Waals surface area contributed by atoms with Crippen molar-refractivity contribution in [2.75, 3.05) is 38.8 Å². The second-order valence-electron chi connectivity index (χ2n) is 5.48. The predicted molar refractivity (Wildman–Crippen MR) is 80.4 cm³/mol. The van der Waals surface area contributed by atoms with Crippen molar-refractivity contribution in [2.45, 2.75) is 25.9 Å². The van der Waals surface area contributed by atoms with Crippen molar-refractivity contribution < 1.29 is 14.6 Å². The molecule has 20 heavy (non-hydrogen) atoms. The minimum absolute atomic E-state index is 0.538. The van der Waals surface area contributed by atoms with E-state index in [1.807, 2.05) is 12.1 Å². The molecule has 1 saturated heterocycles. The molecule has 1 aliphatic heterocycles. The molecular weight excluding hydrogens is 254 g/mol. The first-order valence-electron chi connectivity index (χ1n) is 7.26. The van der Waals surface area contributed by atoms with Crippen LogP contribution in [0.5, 0.6) is 5.75 Å². The Morgan fingerprint density at radius 2 is 2.20 bits per heavy atom. The second-order valence-corrected chi connectivity index (χ2v) is 5.48. The van der Waals surface area contributed by atoms with E-state index in [9.17, 15) is 5.11 Å². The van der Waals surface area contributed by atoms with Crippen molar-refractivity contribution in [1.29, 1.82) is 0 Å². The van der Waals surface area contributed by atoms with Gasteiger partial charge < -0.3 is 19.5 Å². The molecular formula is C16H25NO3. The fourth-order valence-electron chi connectivity index (χ4n) is 3.06. The molecule has 0 amide bonds. The molecule has 1 aromatic rings. The Bertz CT molecular complexity index is 432. The summed E-state index contributed by atoms with van der Waals surface area (Å²) < 4.78 is 10.7. The number of hydrogen-bond donors (Lipinski definition) is 1. The van der Waals surface area contributed by atoms with E-state index in [0.29, 0.717) is 5.92 Å². The number of aliphatic hydroxyl groups excluding tert-OH is 1. The molecule has 0 saturated carbocycles. The van der Waals surface area contributed by atoms with Crippen LogP contribution in [0, 0.1) is 5.92 Å². The number of piperidine rings is 1. The van der Waals surface area contributed by atoms with Crippen LogP contribution in [0.25, 0.3) is 0 Å². The molecule has 1 aromatic carbocycles. The van der Waals surface area contributed by atoms with Gasteiger partial charge in [-0.05, 0) is 37.8 Å². The Balaban J connectivity index is 2.27. The lowest BCUT2D eigenvalue weighted by molar-refractivity contribution is 0.143. The smallest absolute Gasteiger partial charge is 0.126 e. The van der Waals surface area contributed by atoms with E-state index in [0.717, 1.165) is 43.1 Å². The molecule has 1 heterocycles. The van der Waals surface area contributed by atoms with Crippen LogP contribution < -0.4 is 9.64 Å². The van der Waals surface area contributed by atoms with Crippen LogP contribution >= 0.6 is 0 Å². The van der Waals surface area contributed by atoms with Gasteiger partial charge in [-0.3, -0.25) is 0 Å². The summed E-state index contributed by atoms with van der Waals surface area (Å²) >= 11 is 0. The highest BCUT2D eigenvalue weighted by molar-refractivity contribution is 5.60. The Labute approximate surface area is 121 Å². The van der Waals surface area contributed by atoms with Gasteiger partial charge in [-0.2, -0.15) is 0 Å². The van der Waals surface area contributed by atoms with Crippen molar-refractivity contribution in [3.05, 3.63) is 23.8 Å². The normalized spacial score (nSPS) is 20.8. The second kappa shape index (κ2) is 6.95. The molecule has 4 heteroatoms. The molecule has 0 aliphatic carbocycles. The van der Waals surface area contributed by atoms with E-state index in [4.69, 9.17) is 9.47 Å². The lowest BCUT2D eigenvalue weighted by Gasteiger charge is -2.36. The fourth-order valence-corrected chi connectivity index (χ4v) is 3.06. The van der Waals surface area contributed by atoms with E-state index in [2.05, 4.69) is 11.0 Å². The molecule has 0 bridgehead atoms. The average Bonchev–Trinajstić information content (AvgIpc) is 2.47. The molecule has 1 N–H and O–H groups in total. The first-order valence-corrected chi connectivity index (χ1v) is 7.26. The van der Waals surface area contributed by atoms with Gasteiger partial charge in [0.25, 0.3) is 0 Å². The Morgan fingerprint density at radius 3 is 2.85 bits per heavy atom. The van der Waals surface area contributed by atoms with Gasteiger partial charge >= 0.3 is 0 Å². The highest BCUT2D eigenvalue weighted by Crippen LogP contribution is 2.36. The number of benzene rings is 1. The Kier molecular flexibility index (Phi) is 5.26. The quantitative estimate of drug-likeness (QED) is 0.899. The molecule has 0 spiro atoms. The first-order chi connectivity index (χ1) is 9.67. The van der Waals surface area contributed by atoms with Gasteiger partial charge in [0.15, 0.2) is 0 Å². The summed E-state index contributed by atoms with van der Waals surface area (Å²) in [5.41, 5.74) is 1.97. The van der Waals surface area contributed by atoms with Gasteiger partial charge in [-0.1, -0.05) is 6.07 Å². The highest BCUT2D eigenvalue weighted by Gasteiger charge is 2.24. The summed E-state index contributed by atoms with van der Waals surface area (Å²) in [5, 5.41) is 10.1. The number of methoxy groups -OCH3 is 2. The van der Waals surface area contributed by atoms with Gasteiger partial charge in [0.1, 0.15) is 5.75 Å². The summed E-state index contributed by atoms with van der Waals surface area (Å²) in [6, 6.07) is 5.96. The minimum Gasteiger partial charge on any atom is -0.496 e. The fraction of sp³-hybridized carbons (Fsp3) is 0.625. The molecule has 0 aromatic heterocycles. The lowest BCUT2D eigenvalue weighted by Crippen LogP contribution is -2.37. The summed E-state index contributed by atoms with van der Waals surface area (Å²) in [6.07, 6.45) is 1.83. The topological polar surface area (TPSA) is 41.9 Å². The molecule has 2 rings (SSSR count). The Morgan fingerprint density at radius 1 is 1.40 bits per heavy atom. The van der Waals surface area contributed by atoms with Crippen molar-refractivity contribution in [3.8, 4) is 5.75 Å². The maximum absolute atomic E-state index is 10.1. The van der Waals surface area contributed by atoms with E-state index >= 15 is 0 Å². The predicted octanol–water partition coefficient (Wildman–Crippen LogP) is 2.61. The third-order valence-electron chi connectivity index (χ3n) is 3.94. The maximum atomic E-state index is 10.1. The van der Waals surface area contributed by atoms with Gasteiger partial charge in [0.05, 0.1) is 19.8 Å².